The Morgan fingerprint density at radius 3 is 3.05 bits per heavy atom. The van der Waals surface area contributed by atoms with Crippen LogP contribution in [0.4, 0.5) is 0 Å². The lowest BCUT2D eigenvalue weighted by Crippen LogP contribution is -2.06. The van der Waals surface area contributed by atoms with E-state index in [4.69, 9.17) is 4.42 Å². The van der Waals surface area contributed by atoms with E-state index in [1.165, 1.54) is 12.7 Å². The summed E-state index contributed by atoms with van der Waals surface area (Å²) < 4.78 is 6.93. The van der Waals surface area contributed by atoms with Gasteiger partial charge in [-0.1, -0.05) is 12.2 Å². The number of oxazole rings is 1. The fourth-order valence-corrected chi connectivity index (χ4v) is 2.42. The van der Waals surface area contributed by atoms with Crippen molar-refractivity contribution in [3.63, 3.8) is 0 Å². The second kappa shape index (κ2) is 4.41. The Kier molecular flexibility index (Phi) is 2.45. The smallest absolute Gasteiger partial charge is 0.181 e. The van der Waals surface area contributed by atoms with Crippen LogP contribution < -0.4 is 0 Å². The van der Waals surface area contributed by atoms with Gasteiger partial charge in [-0.3, -0.25) is 0 Å². The molecule has 1 aliphatic rings. The average Bonchev–Trinajstić information content (AvgIpc) is 3.15. The summed E-state index contributed by atoms with van der Waals surface area (Å²) in [4.78, 5) is 12.4. The van der Waals surface area contributed by atoms with Crippen LogP contribution in [-0.2, 0) is 6.42 Å². The lowest BCUT2D eigenvalue weighted by Gasteiger charge is -2.08. The summed E-state index contributed by atoms with van der Waals surface area (Å²) in [7, 11) is 0. The number of rotatable bonds is 2. The molecule has 6 heteroatoms. The Morgan fingerprint density at radius 1 is 1.25 bits per heavy atom. The molecule has 0 aliphatic heterocycles. The topological polar surface area (TPSA) is 69.6 Å². The summed E-state index contributed by atoms with van der Waals surface area (Å²) in [5.74, 6) is 0.765. The van der Waals surface area contributed by atoms with Crippen LogP contribution in [0.1, 0.15) is 17.7 Å². The van der Waals surface area contributed by atoms with Gasteiger partial charge in [-0.25, -0.2) is 19.6 Å². The van der Waals surface area contributed by atoms with Gasteiger partial charge < -0.3 is 4.42 Å². The van der Waals surface area contributed by atoms with Crippen molar-refractivity contribution in [1.82, 2.24) is 24.7 Å². The third-order valence-electron chi connectivity index (χ3n) is 3.31. The third-order valence-corrected chi connectivity index (χ3v) is 3.31. The van der Waals surface area contributed by atoms with Crippen LogP contribution in [0.2, 0.25) is 0 Å². The Bertz CT molecular complexity index is 758. The fraction of sp³-hybridized carbons (Fsp3) is 0.143. The highest BCUT2D eigenvalue weighted by Crippen LogP contribution is 2.30. The maximum atomic E-state index is 5.06. The van der Waals surface area contributed by atoms with Crippen molar-refractivity contribution < 1.29 is 4.42 Å². The molecule has 4 rings (SSSR count). The molecule has 0 bridgehead atoms. The average molecular weight is 265 g/mol. The van der Waals surface area contributed by atoms with Crippen LogP contribution in [0.15, 0.2) is 41.7 Å². The summed E-state index contributed by atoms with van der Waals surface area (Å²) in [5.41, 5.74) is 3.79. The summed E-state index contributed by atoms with van der Waals surface area (Å²) in [6.45, 7) is 0. The highest BCUT2D eigenvalue weighted by Gasteiger charge is 2.21. The fourth-order valence-electron chi connectivity index (χ4n) is 2.42. The highest BCUT2D eigenvalue weighted by atomic mass is 16.3. The molecule has 98 valence electrons. The van der Waals surface area contributed by atoms with Crippen molar-refractivity contribution >= 4 is 6.08 Å². The largest absolute Gasteiger partial charge is 0.451 e. The predicted octanol–water partition coefficient (Wildman–Crippen LogP) is 2.28. The van der Waals surface area contributed by atoms with Crippen molar-refractivity contribution in [3.05, 3.63) is 48.6 Å². The zero-order valence-electron chi connectivity index (χ0n) is 10.6. The first kappa shape index (κ1) is 11.1. The number of fused-ring (bicyclic) bond motifs is 1. The lowest BCUT2D eigenvalue weighted by molar-refractivity contribution is 0.558. The molecule has 0 fully saturated rings. The van der Waals surface area contributed by atoms with Gasteiger partial charge in [0.1, 0.15) is 24.0 Å². The van der Waals surface area contributed by atoms with Crippen molar-refractivity contribution in [2.45, 2.75) is 12.8 Å². The van der Waals surface area contributed by atoms with Gasteiger partial charge in [0.2, 0.25) is 0 Å². The van der Waals surface area contributed by atoms with Gasteiger partial charge in [-0.05, 0) is 12.8 Å². The SMILES string of the molecule is C1=Cc2c(-c3cocn3)nn(-c3ccncn3)c2CC1. The van der Waals surface area contributed by atoms with Crippen LogP contribution in [0.25, 0.3) is 23.3 Å². The quantitative estimate of drug-likeness (QED) is 0.711. The Labute approximate surface area is 114 Å². The molecule has 3 aromatic heterocycles. The maximum absolute atomic E-state index is 5.06. The molecule has 0 atom stereocenters. The predicted molar refractivity (Wildman–Crippen MR) is 72.0 cm³/mol. The molecule has 0 saturated carbocycles. The van der Waals surface area contributed by atoms with Crippen molar-refractivity contribution in [1.29, 1.82) is 0 Å². The zero-order valence-corrected chi connectivity index (χ0v) is 10.6. The minimum atomic E-state index is 0.737. The first-order chi connectivity index (χ1) is 9.93. The first-order valence-electron chi connectivity index (χ1n) is 6.37. The first-order valence-corrected chi connectivity index (χ1v) is 6.37. The Morgan fingerprint density at radius 2 is 2.25 bits per heavy atom. The van der Waals surface area contributed by atoms with Crippen LogP contribution in [0, 0.1) is 0 Å². The summed E-state index contributed by atoms with van der Waals surface area (Å²) in [6, 6.07) is 1.85. The summed E-state index contributed by atoms with van der Waals surface area (Å²) in [5, 5.41) is 4.66. The van der Waals surface area contributed by atoms with Crippen molar-refractivity contribution in [3.8, 4) is 17.2 Å². The second-order valence-electron chi connectivity index (χ2n) is 4.50. The molecule has 0 aromatic carbocycles. The van der Waals surface area contributed by atoms with Gasteiger partial charge >= 0.3 is 0 Å². The molecule has 0 unspecified atom stereocenters. The van der Waals surface area contributed by atoms with Gasteiger partial charge in [-0.15, -0.1) is 0 Å². The van der Waals surface area contributed by atoms with Crippen LogP contribution in [-0.4, -0.2) is 24.7 Å². The van der Waals surface area contributed by atoms with Gasteiger partial charge in [0, 0.05) is 17.8 Å². The van der Waals surface area contributed by atoms with Gasteiger partial charge in [0.25, 0.3) is 0 Å². The number of hydrogen-bond acceptors (Lipinski definition) is 5. The van der Waals surface area contributed by atoms with E-state index in [9.17, 15) is 0 Å². The molecule has 20 heavy (non-hydrogen) atoms. The molecule has 0 N–H and O–H groups in total. The molecular formula is C14H11N5O. The van der Waals surface area contributed by atoms with Crippen LogP contribution >= 0.6 is 0 Å². The van der Waals surface area contributed by atoms with E-state index < -0.39 is 0 Å². The Balaban J connectivity index is 1.95. The van der Waals surface area contributed by atoms with E-state index in [0.717, 1.165) is 41.3 Å². The number of allylic oxidation sites excluding steroid dienone is 1. The van der Waals surface area contributed by atoms with E-state index in [1.807, 2.05) is 10.7 Å². The summed E-state index contributed by atoms with van der Waals surface area (Å²) in [6.07, 6.45) is 12.4. The highest BCUT2D eigenvalue weighted by molar-refractivity contribution is 5.72. The zero-order chi connectivity index (χ0) is 13.4. The lowest BCUT2D eigenvalue weighted by atomic mass is 10.0. The summed E-state index contributed by atoms with van der Waals surface area (Å²) >= 11 is 0. The van der Waals surface area contributed by atoms with E-state index in [2.05, 4.69) is 32.2 Å². The van der Waals surface area contributed by atoms with Crippen molar-refractivity contribution in [2.24, 2.45) is 0 Å². The minimum absolute atomic E-state index is 0.737. The monoisotopic (exact) mass is 265 g/mol. The molecule has 0 amide bonds. The van der Waals surface area contributed by atoms with E-state index in [0.29, 0.717) is 0 Å². The molecule has 0 saturated heterocycles. The normalized spacial score (nSPS) is 13.4. The van der Waals surface area contributed by atoms with Crippen LogP contribution in [0.3, 0.4) is 0 Å². The van der Waals surface area contributed by atoms with Gasteiger partial charge in [0.05, 0.1) is 5.69 Å². The minimum Gasteiger partial charge on any atom is -0.451 e. The number of hydrogen-bond donors (Lipinski definition) is 0. The standard InChI is InChI=1S/C14H11N5O/c1-2-4-12-10(3-1)14(11-7-20-9-17-11)18-19(12)13-5-6-15-8-16-13/h1,3,5-9H,2,4H2. The molecular weight excluding hydrogens is 254 g/mol. The maximum Gasteiger partial charge on any atom is 0.181 e. The molecule has 6 nitrogen and oxygen atoms in total. The molecule has 0 radical (unpaired) electrons. The molecule has 3 aromatic rings. The molecule has 3 heterocycles. The van der Waals surface area contributed by atoms with Crippen LogP contribution in [0.5, 0.6) is 0 Å². The van der Waals surface area contributed by atoms with Gasteiger partial charge in [0.15, 0.2) is 12.2 Å². The number of aromatic nitrogens is 5. The van der Waals surface area contributed by atoms with Crippen molar-refractivity contribution in [2.75, 3.05) is 0 Å². The van der Waals surface area contributed by atoms with E-state index in [-0.39, 0.29) is 0 Å². The number of nitrogens with zero attached hydrogens (tertiary/aromatic N) is 5. The molecule has 0 spiro atoms. The second-order valence-corrected chi connectivity index (χ2v) is 4.50. The van der Waals surface area contributed by atoms with Gasteiger partial charge in [-0.2, -0.15) is 5.10 Å². The molecule has 1 aliphatic carbocycles. The van der Waals surface area contributed by atoms with E-state index in [1.54, 1.807) is 12.5 Å². The van der Waals surface area contributed by atoms with E-state index >= 15 is 0 Å². The Hall–Kier alpha value is -2.76. The third kappa shape index (κ3) is 1.65.